The number of amides is 2. The number of aliphatic carboxylic acids is 1. The maximum absolute atomic E-state index is 14.3. The fourth-order valence-electron chi connectivity index (χ4n) is 5.58. The molecule has 248 valence electrons. The SMILES string of the molecule is COc1cc2c(cc1OC(=O)N(C)c1ccccc1NC(=O)CCC(=O)O)c(=O)n(CCN(C)C)c1c3cc4c(cc3ncc21)OCO4. The van der Waals surface area contributed by atoms with E-state index in [1.54, 1.807) is 47.2 Å². The summed E-state index contributed by atoms with van der Waals surface area (Å²) in [6, 6.07) is 13.3. The third kappa shape index (κ3) is 6.12. The Kier molecular flexibility index (Phi) is 8.74. The van der Waals surface area contributed by atoms with Gasteiger partial charge < -0.3 is 38.8 Å². The highest BCUT2D eigenvalue weighted by Gasteiger charge is 2.24. The number of carbonyl (C=O) groups excluding carboxylic acids is 2. The number of benzene rings is 3. The first-order valence-electron chi connectivity index (χ1n) is 15.0. The van der Waals surface area contributed by atoms with Gasteiger partial charge in [-0.3, -0.25) is 24.3 Å². The molecule has 0 unspecified atom stereocenters. The number of ether oxygens (including phenoxy) is 4. The molecule has 2 amide bonds. The first-order chi connectivity index (χ1) is 23.0. The van der Waals surface area contributed by atoms with Crippen molar-refractivity contribution in [2.75, 3.05) is 51.8 Å². The zero-order valence-electron chi connectivity index (χ0n) is 26.7. The molecule has 14 heteroatoms. The number of hydrogen-bond donors (Lipinski definition) is 2. The van der Waals surface area contributed by atoms with Crippen molar-refractivity contribution in [2.45, 2.75) is 19.4 Å². The van der Waals surface area contributed by atoms with E-state index in [1.807, 2.05) is 25.1 Å². The summed E-state index contributed by atoms with van der Waals surface area (Å²) < 4.78 is 24.3. The van der Waals surface area contributed by atoms with Crippen LogP contribution in [0.25, 0.3) is 32.6 Å². The first-order valence-corrected chi connectivity index (χ1v) is 15.0. The number of fused-ring (bicyclic) bond motifs is 6. The Balaban J connectivity index is 1.42. The van der Waals surface area contributed by atoms with E-state index in [0.29, 0.717) is 57.5 Å². The molecule has 6 rings (SSSR count). The minimum atomic E-state index is -1.10. The Labute approximate surface area is 274 Å². The summed E-state index contributed by atoms with van der Waals surface area (Å²) in [5.41, 5.74) is 1.61. The Morgan fingerprint density at radius 1 is 0.958 bits per heavy atom. The number of anilines is 2. The van der Waals surface area contributed by atoms with Crippen LogP contribution in [0.4, 0.5) is 16.2 Å². The van der Waals surface area contributed by atoms with Crippen LogP contribution in [0.1, 0.15) is 12.8 Å². The van der Waals surface area contributed by atoms with Crippen molar-refractivity contribution < 1.29 is 38.4 Å². The molecule has 14 nitrogen and oxygen atoms in total. The molecule has 3 aromatic carbocycles. The van der Waals surface area contributed by atoms with Crippen molar-refractivity contribution in [3.63, 3.8) is 0 Å². The number of carboxylic acids is 1. The number of aromatic nitrogens is 2. The predicted molar refractivity (Wildman–Crippen MR) is 179 cm³/mol. The van der Waals surface area contributed by atoms with E-state index in [2.05, 4.69) is 10.3 Å². The zero-order valence-corrected chi connectivity index (χ0v) is 26.7. The van der Waals surface area contributed by atoms with Crippen LogP contribution >= 0.6 is 0 Å². The number of carbonyl (C=O) groups is 3. The fraction of sp³-hybridized carbons (Fsp3) is 0.265. The molecule has 1 aliphatic rings. The molecule has 48 heavy (non-hydrogen) atoms. The van der Waals surface area contributed by atoms with Crippen molar-refractivity contribution in [1.29, 1.82) is 0 Å². The highest BCUT2D eigenvalue weighted by molar-refractivity contribution is 6.15. The number of carboxylic acid groups (broad SMARTS) is 1. The van der Waals surface area contributed by atoms with E-state index in [4.69, 9.17) is 24.1 Å². The van der Waals surface area contributed by atoms with Gasteiger partial charge in [0.15, 0.2) is 23.0 Å². The van der Waals surface area contributed by atoms with Gasteiger partial charge in [0.05, 0.1) is 41.3 Å². The van der Waals surface area contributed by atoms with Crippen LogP contribution in [0.5, 0.6) is 23.0 Å². The summed E-state index contributed by atoms with van der Waals surface area (Å²) in [5.74, 6) is -0.256. The molecule has 0 spiro atoms. The lowest BCUT2D eigenvalue weighted by Crippen LogP contribution is -2.31. The number of hydrogen-bond acceptors (Lipinski definition) is 10. The number of methoxy groups -OCH3 is 1. The molecule has 1 aliphatic heterocycles. The Hall–Kier alpha value is -5.89. The topological polar surface area (TPSA) is 162 Å². The van der Waals surface area contributed by atoms with Crippen LogP contribution in [0.2, 0.25) is 0 Å². The predicted octanol–water partition coefficient (Wildman–Crippen LogP) is 4.44. The van der Waals surface area contributed by atoms with E-state index in [0.717, 1.165) is 5.39 Å². The maximum atomic E-state index is 14.3. The minimum Gasteiger partial charge on any atom is -0.493 e. The number of likely N-dealkylation sites (N-methyl/N-ethyl adjacent to an activating group) is 1. The van der Waals surface area contributed by atoms with Gasteiger partial charge in [-0.2, -0.15) is 0 Å². The molecule has 5 aromatic rings. The molecule has 0 saturated carbocycles. The number of pyridine rings is 2. The van der Waals surface area contributed by atoms with Crippen LogP contribution < -0.4 is 34.7 Å². The van der Waals surface area contributed by atoms with Crippen LogP contribution in [0.3, 0.4) is 0 Å². The van der Waals surface area contributed by atoms with Gasteiger partial charge in [0.25, 0.3) is 5.56 Å². The fourth-order valence-corrected chi connectivity index (χ4v) is 5.58. The van der Waals surface area contributed by atoms with Crippen LogP contribution in [-0.4, -0.2) is 79.1 Å². The van der Waals surface area contributed by atoms with Gasteiger partial charge in [-0.15, -0.1) is 0 Å². The Morgan fingerprint density at radius 2 is 1.69 bits per heavy atom. The molecular weight excluding hydrogens is 622 g/mol. The van der Waals surface area contributed by atoms with E-state index in [9.17, 15) is 19.2 Å². The third-order valence-corrected chi connectivity index (χ3v) is 8.02. The molecule has 0 bridgehead atoms. The number of nitrogens with zero attached hydrogens (tertiary/aromatic N) is 4. The molecule has 0 radical (unpaired) electrons. The van der Waals surface area contributed by atoms with E-state index in [-0.39, 0.29) is 42.4 Å². The lowest BCUT2D eigenvalue weighted by atomic mass is 10.0. The monoisotopic (exact) mass is 655 g/mol. The van der Waals surface area contributed by atoms with Gasteiger partial charge in [0.1, 0.15) is 0 Å². The number of rotatable bonds is 10. The number of para-hydroxylation sites is 2. The largest absolute Gasteiger partial charge is 0.493 e. The molecule has 2 aromatic heterocycles. The average molecular weight is 656 g/mol. The molecule has 0 aliphatic carbocycles. The van der Waals surface area contributed by atoms with Gasteiger partial charge in [0.2, 0.25) is 12.7 Å². The van der Waals surface area contributed by atoms with Crippen molar-refractivity contribution in [3.8, 4) is 23.0 Å². The summed E-state index contributed by atoms with van der Waals surface area (Å²) in [6.45, 7) is 1.04. The summed E-state index contributed by atoms with van der Waals surface area (Å²) >= 11 is 0. The highest BCUT2D eigenvalue weighted by atomic mass is 16.7. The minimum absolute atomic E-state index is 0.0116. The molecule has 0 atom stereocenters. The van der Waals surface area contributed by atoms with Crippen molar-refractivity contribution >= 4 is 61.9 Å². The summed E-state index contributed by atoms with van der Waals surface area (Å²) in [6.07, 6.45) is 0.311. The third-order valence-electron chi connectivity index (χ3n) is 8.02. The van der Waals surface area contributed by atoms with Crippen molar-refractivity contribution in [2.24, 2.45) is 0 Å². The second-order valence-electron chi connectivity index (χ2n) is 11.4. The molecule has 3 heterocycles. The summed E-state index contributed by atoms with van der Waals surface area (Å²) in [5, 5.41) is 13.8. The molecular formula is C34H33N5O9. The lowest BCUT2D eigenvalue weighted by Gasteiger charge is -2.21. The van der Waals surface area contributed by atoms with Crippen LogP contribution in [0, 0.1) is 0 Å². The van der Waals surface area contributed by atoms with Crippen molar-refractivity contribution in [1.82, 2.24) is 14.5 Å². The normalized spacial score (nSPS) is 12.1. The van der Waals surface area contributed by atoms with Gasteiger partial charge in [-0.25, -0.2) is 4.79 Å². The van der Waals surface area contributed by atoms with E-state index >= 15 is 0 Å². The van der Waals surface area contributed by atoms with E-state index < -0.39 is 18.0 Å². The van der Waals surface area contributed by atoms with Gasteiger partial charge in [-0.1, -0.05) is 12.1 Å². The first kappa shape index (κ1) is 32.1. The molecule has 2 N–H and O–H groups in total. The van der Waals surface area contributed by atoms with Gasteiger partial charge in [0, 0.05) is 55.0 Å². The second kappa shape index (κ2) is 13.1. The quantitative estimate of drug-likeness (QED) is 0.205. The zero-order chi connectivity index (χ0) is 34.1. The smallest absolute Gasteiger partial charge is 0.419 e. The molecule has 0 saturated heterocycles. The van der Waals surface area contributed by atoms with Gasteiger partial charge >= 0.3 is 12.1 Å². The summed E-state index contributed by atoms with van der Waals surface area (Å²) in [4.78, 5) is 58.8. The Bertz CT molecular complexity index is 2160. The highest BCUT2D eigenvalue weighted by Crippen LogP contribution is 2.40. The van der Waals surface area contributed by atoms with Crippen LogP contribution in [-0.2, 0) is 16.1 Å². The lowest BCUT2D eigenvalue weighted by molar-refractivity contribution is -0.138. The maximum Gasteiger partial charge on any atom is 0.419 e. The molecule has 0 fully saturated rings. The Morgan fingerprint density at radius 3 is 2.42 bits per heavy atom. The van der Waals surface area contributed by atoms with Gasteiger partial charge in [-0.05, 0) is 44.4 Å². The second-order valence-corrected chi connectivity index (χ2v) is 11.4. The summed E-state index contributed by atoms with van der Waals surface area (Å²) in [7, 11) is 6.73. The average Bonchev–Trinajstić information content (AvgIpc) is 3.53. The standard InChI is InChI=1S/C34H33N5O9/c1-37(2)11-12-39-32-21-15-27-28(47-18-46-27)16-24(21)35-17-22(32)19-13-26(45-4)29(14-20(19)33(39)43)48-34(44)38(3)25-8-6-5-7-23(25)36-30(40)9-10-31(41)42/h5-8,13-17H,9-12,18H2,1-4H3,(H,36,40)(H,41,42). The van der Waals surface area contributed by atoms with Crippen molar-refractivity contribution in [3.05, 3.63) is 65.1 Å². The number of nitrogens with one attached hydrogen (secondary N) is 1. The van der Waals surface area contributed by atoms with Crippen LogP contribution in [0.15, 0.2) is 59.5 Å². The van der Waals surface area contributed by atoms with E-state index in [1.165, 1.54) is 25.1 Å².